The zero-order chi connectivity index (χ0) is 22.2. The number of halogens is 1. The average Bonchev–Trinajstić information content (AvgIpc) is 3.51. The highest BCUT2D eigenvalue weighted by atomic mass is 127. The van der Waals surface area contributed by atoms with E-state index >= 15 is 0 Å². The number of guanidine groups is 1. The molecule has 2 saturated carbocycles. The highest BCUT2D eigenvalue weighted by molar-refractivity contribution is 14.0. The minimum atomic E-state index is 0. The molecule has 1 aliphatic heterocycles. The second-order valence-corrected chi connectivity index (χ2v) is 9.49. The molecule has 0 aromatic carbocycles. The quantitative estimate of drug-likeness (QED) is 0.267. The molecule has 2 aliphatic carbocycles. The number of amides is 1. The summed E-state index contributed by atoms with van der Waals surface area (Å²) in [5.41, 5.74) is 0. The molecule has 2 heterocycles. The number of nitrogens with one attached hydrogen (secondary N) is 2. The second-order valence-electron chi connectivity index (χ2n) is 9.49. The summed E-state index contributed by atoms with van der Waals surface area (Å²) >= 11 is 0. The van der Waals surface area contributed by atoms with Gasteiger partial charge in [-0.1, -0.05) is 26.2 Å². The first-order valence-electron chi connectivity index (χ1n) is 12.6. The van der Waals surface area contributed by atoms with Gasteiger partial charge >= 0.3 is 0 Å². The maximum absolute atomic E-state index is 12.1. The number of hydrogen-bond acceptors (Lipinski definition) is 5. The van der Waals surface area contributed by atoms with E-state index in [1.165, 1.54) is 32.1 Å². The molecule has 0 bridgehead atoms. The van der Waals surface area contributed by atoms with Gasteiger partial charge in [0.1, 0.15) is 12.2 Å². The van der Waals surface area contributed by atoms with E-state index in [0.29, 0.717) is 12.6 Å². The van der Waals surface area contributed by atoms with Crippen LogP contribution in [-0.2, 0) is 17.8 Å². The number of carbonyl (C=O) groups excluding carboxylic acids is 1. The van der Waals surface area contributed by atoms with Crippen molar-refractivity contribution in [2.45, 2.75) is 70.9 Å². The van der Waals surface area contributed by atoms with E-state index in [2.05, 4.69) is 42.1 Å². The van der Waals surface area contributed by atoms with E-state index in [9.17, 15) is 4.79 Å². The molecule has 3 fully saturated rings. The molecule has 33 heavy (non-hydrogen) atoms. The lowest BCUT2D eigenvalue weighted by molar-refractivity contribution is -0.122. The Morgan fingerprint density at radius 3 is 2.58 bits per heavy atom. The second kappa shape index (κ2) is 13.5. The van der Waals surface area contributed by atoms with Crippen LogP contribution in [0.15, 0.2) is 11.3 Å². The van der Waals surface area contributed by atoms with E-state index in [1.54, 1.807) is 0 Å². The van der Waals surface area contributed by atoms with Gasteiger partial charge in [-0.25, -0.2) is 0 Å². The third-order valence-electron chi connectivity index (χ3n) is 6.85. The number of aliphatic imine (C=N–C) groups is 1. The van der Waals surface area contributed by atoms with Gasteiger partial charge < -0.3 is 20.1 Å². The monoisotopic (exact) mass is 572 g/mol. The lowest BCUT2D eigenvalue weighted by Crippen LogP contribution is -2.54. The van der Waals surface area contributed by atoms with Crippen LogP contribution in [0.3, 0.4) is 0 Å². The van der Waals surface area contributed by atoms with Gasteiger partial charge in [0.2, 0.25) is 5.91 Å². The molecule has 1 aromatic rings. The molecule has 4 rings (SSSR count). The highest BCUT2D eigenvalue weighted by Gasteiger charge is 2.26. The number of piperazine rings is 1. The molecule has 0 radical (unpaired) electrons. The summed E-state index contributed by atoms with van der Waals surface area (Å²) in [6.07, 6.45) is 11.7. The van der Waals surface area contributed by atoms with Crippen LogP contribution in [0.4, 0.5) is 0 Å². The standard InChI is InChI=1S/C23H40N8O.HI/c1-2-21-28-26-18-31(21)11-10-24-23(25-16-19-6-4-3-5-7-19)30-14-12-29(13-15-30)17-22(32)27-20-8-9-20;/h18-20H,2-17H2,1H3,(H,24,25)(H,27,32);1H. The van der Waals surface area contributed by atoms with Gasteiger partial charge in [0, 0.05) is 58.3 Å². The van der Waals surface area contributed by atoms with E-state index in [4.69, 9.17) is 4.99 Å². The predicted octanol–water partition coefficient (Wildman–Crippen LogP) is 1.88. The topological polar surface area (TPSA) is 90.7 Å². The van der Waals surface area contributed by atoms with Crippen LogP contribution in [-0.4, -0.2) is 88.3 Å². The van der Waals surface area contributed by atoms with E-state index in [0.717, 1.165) is 82.8 Å². The van der Waals surface area contributed by atoms with Crippen molar-refractivity contribution in [1.82, 2.24) is 35.2 Å². The van der Waals surface area contributed by atoms with E-state index in [-0.39, 0.29) is 29.9 Å². The molecular formula is C23H41IN8O. The van der Waals surface area contributed by atoms with Crippen molar-refractivity contribution in [3.05, 3.63) is 12.2 Å². The Kier molecular flexibility index (Phi) is 10.7. The van der Waals surface area contributed by atoms with Crippen molar-refractivity contribution >= 4 is 35.8 Å². The van der Waals surface area contributed by atoms with Gasteiger partial charge in [-0.15, -0.1) is 34.2 Å². The number of nitrogens with zero attached hydrogens (tertiary/aromatic N) is 6. The van der Waals surface area contributed by atoms with Crippen molar-refractivity contribution in [3.8, 4) is 0 Å². The summed E-state index contributed by atoms with van der Waals surface area (Å²) in [5.74, 6) is 2.93. The third-order valence-corrected chi connectivity index (χ3v) is 6.85. The zero-order valence-corrected chi connectivity index (χ0v) is 22.4. The van der Waals surface area contributed by atoms with Crippen molar-refractivity contribution < 1.29 is 4.79 Å². The smallest absolute Gasteiger partial charge is 0.234 e. The summed E-state index contributed by atoms with van der Waals surface area (Å²) in [6, 6.07) is 0.436. The molecule has 10 heteroatoms. The van der Waals surface area contributed by atoms with E-state index < -0.39 is 0 Å². The van der Waals surface area contributed by atoms with Gasteiger partial charge in [-0.05, 0) is 31.6 Å². The van der Waals surface area contributed by atoms with Crippen LogP contribution in [0, 0.1) is 5.92 Å². The van der Waals surface area contributed by atoms with Crippen molar-refractivity contribution in [2.24, 2.45) is 10.9 Å². The Bertz CT molecular complexity index is 751. The van der Waals surface area contributed by atoms with Crippen LogP contribution < -0.4 is 10.6 Å². The van der Waals surface area contributed by atoms with Crippen molar-refractivity contribution in [2.75, 3.05) is 45.8 Å². The number of hydrogen-bond donors (Lipinski definition) is 2. The highest BCUT2D eigenvalue weighted by Crippen LogP contribution is 2.23. The summed E-state index contributed by atoms with van der Waals surface area (Å²) in [7, 11) is 0. The average molecular weight is 573 g/mol. The molecule has 0 unspecified atom stereocenters. The Hall–Kier alpha value is -1.43. The number of aromatic nitrogens is 3. The van der Waals surface area contributed by atoms with Gasteiger partial charge in [0.15, 0.2) is 5.96 Å². The third kappa shape index (κ3) is 8.38. The van der Waals surface area contributed by atoms with Gasteiger partial charge in [-0.3, -0.25) is 14.7 Å². The molecule has 1 saturated heterocycles. The lowest BCUT2D eigenvalue weighted by atomic mass is 9.89. The maximum atomic E-state index is 12.1. The first kappa shape index (κ1) is 26.2. The lowest BCUT2D eigenvalue weighted by Gasteiger charge is -2.36. The van der Waals surface area contributed by atoms with Gasteiger partial charge in [0.25, 0.3) is 0 Å². The fraction of sp³-hybridized carbons (Fsp3) is 0.826. The SMILES string of the molecule is CCc1nncn1CCNC(=NCC1CCCCC1)N1CCN(CC(=O)NC2CC2)CC1.I. The predicted molar refractivity (Wildman–Crippen MR) is 141 cm³/mol. The Morgan fingerprint density at radius 2 is 1.88 bits per heavy atom. The van der Waals surface area contributed by atoms with Crippen LogP contribution >= 0.6 is 24.0 Å². The molecule has 0 spiro atoms. The van der Waals surface area contributed by atoms with E-state index in [1.807, 2.05) is 6.33 Å². The molecule has 2 N–H and O–H groups in total. The van der Waals surface area contributed by atoms with Crippen LogP contribution in [0.5, 0.6) is 0 Å². The maximum Gasteiger partial charge on any atom is 0.234 e. The summed E-state index contributed by atoms with van der Waals surface area (Å²) < 4.78 is 2.11. The molecule has 1 amide bonds. The molecular weight excluding hydrogens is 531 g/mol. The number of rotatable bonds is 9. The summed E-state index contributed by atoms with van der Waals surface area (Å²) in [5, 5.41) is 14.9. The fourth-order valence-electron chi connectivity index (χ4n) is 4.70. The zero-order valence-electron chi connectivity index (χ0n) is 20.0. The first-order chi connectivity index (χ1) is 15.7. The minimum Gasteiger partial charge on any atom is -0.354 e. The molecule has 9 nitrogen and oxygen atoms in total. The van der Waals surface area contributed by atoms with Crippen LogP contribution in [0.25, 0.3) is 0 Å². The Labute approximate surface area is 215 Å². The Balaban J connectivity index is 0.00000306. The Morgan fingerprint density at radius 1 is 1.12 bits per heavy atom. The summed E-state index contributed by atoms with van der Waals surface area (Å²) in [4.78, 5) is 21.8. The number of aryl methyl sites for hydroxylation is 1. The molecule has 0 atom stereocenters. The van der Waals surface area contributed by atoms with Crippen LogP contribution in [0.2, 0.25) is 0 Å². The van der Waals surface area contributed by atoms with Crippen molar-refractivity contribution in [1.29, 1.82) is 0 Å². The normalized spacial score (nSPS) is 20.4. The molecule has 3 aliphatic rings. The largest absolute Gasteiger partial charge is 0.354 e. The minimum absolute atomic E-state index is 0. The summed E-state index contributed by atoms with van der Waals surface area (Å²) in [6.45, 7) is 8.77. The molecule has 1 aromatic heterocycles. The first-order valence-corrected chi connectivity index (χ1v) is 12.6. The van der Waals surface area contributed by atoms with Crippen LogP contribution in [0.1, 0.15) is 57.7 Å². The van der Waals surface area contributed by atoms with Gasteiger partial charge in [-0.2, -0.15) is 0 Å². The fourth-order valence-corrected chi connectivity index (χ4v) is 4.70. The number of carbonyl (C=O) groups is 1. The van der Waals surface area contributed by atoms with Crippen molar-refractivity contribution in [3.63, 3.8) is 0 Å². The van der Waals surface area contributed by atoms with Gasteiger partial charge in [0.05, 0.1) is 6.54 Å². The molecule has 186 valence electrons.